The first-order valence-corrected chi connectivity index (χ1v) is 14.2. The molecule has 0 heterocycles. The van der Waals surface area contributed by atoms with Crippen LogP contribution in [-0.4, -0.2) is 28.1 Å². The number of hydrogen-bond donors (Lipinski definition) is 2. The molecule has 5 aliphatic carbocycles. The van der Waals surface area contributed by atoms with Crippen LogP contribution in [0.5, 0.6) is 0 Å². The summed E-state index contributed by atoms with van der Waals surface area (Å²) in [6.07, 6.45) is 10.5. The summed E-state index contributed by atoms with van der Waals surface area (Å²) < 4.78 is 0. The van der Waals surface area contributed by atoms with Crippen LogP contribution < -0.4 is 0 Å². The predicted octanol–water partition coefficient (Wildman–Crippen LogP) is 6.49. The largest absolute Gasteiger partial charge is 0.481 e. The molecule has 2 spiro atoms. The van der Waals surface area contributed by atoms with E-state index in [4.69, 9.17) is 0 Å². The highest BCUT2D eigenvalue weighted by Crippen LogP contribution is 2.89. The van der Waals surface area contributed by atoms with Gasteiger partial charge in [0.2, 0.25) is 0 Å². The minimum atomic E-state index is -1.00. The number of aliphatic hydroxyl groups excluding tert-OH is 1. The van der Waals surface area contributed by atoms with Gasteiger partial charge in [-0.2, -0.15) is 0 Å². The van der Waals surface area contributed by atoms with E-state index in [1.807, 2.05) is 6.92 Å². The van der Waals surface area contributed by atoms with Gasteiger partial charge >= 0.3 is 5.97 Å². The molecule has 5 aliphatic rings. The quantitative estimate of drug-likeness (QED) is 0.463. The van der Waals surface area contributed by atoms with Crippen LogP contribution in [0.15, 0.2) is 0 Å². The fourth-order valence-corrected chi connectivity index (χ4v) is 11.3. The zero-order valence-corrected chi connectivity index (χ0v) is 22.5. The van der Waals surface area contributed by atoms with Gasteiger partial charge in [-0.15, -0.1) is 0 Å². The van der Waals surface area contributed by atoms with Crippen LogP contribution in [0.4, 0.5) is 0 Å². The lowest BCUT2D eigenvalue weighted by Gasteiger charge is -2.63. The fraction of sp³-hybridized carbons (Fsp3) is 0.933. The molecule has 192 valence electrons. The lowest BCUT2D eigenvalue weighted by Crippen LogP contribution is -2.60. The van der Waals surface area contributed by atoms with Crippen LogP contribution in [0.2, 0.25) is 0 Å². The number of carboxylic acids is 1. The van der Waals surface area contributed by atoms with Crippen LogP contribution in [0.1, 0.15) is 112 Å². The van der Waals surface area contributed by atoms with Crippen molar-refractivity contribution in [1.82, 2.24) is 0 Å². The monoisotopic (exact) mass is 472 g/mol. The van der Waals surface area contributed by atoms with Crippen LogP contribution in [0.3, 0.4) is 0 Å². The summed E-state index contributed by atoms with van der Waals surface area (Å²) in [4.78, 5) is 25.1. The molecule has 5 saturated carbocycles. The molecular formula is C30H48O4. The molecule has 0 amide bonds. The van der Waals surface area contributed by atoms with Crippen molar-refractivity contribution < 1.29 is 19.8 Å². The Hall–Kier alpha value is -0.900. The number of rotatable bonds is 6. The van der Waals surface area contributed by atoms with Crippen molar-refractivity contribution in [3.8, 4) is 0 Å². The first-order valence-electron chi connectivity index (χ1n) is 14.2. The van der Waals surface area contributed by atoms with Gasteiger partial charge in [-0.05, 0) is 116 Å². The van der Waals surface area contributed by atoms with Crippen LogP contribution >= 0.6 is 0 Å². The highest BCUT2D eigenvalue weighted by Gasteiger charge is 2.83. The molecule has 0 radical (unpaired) electrons. The molecule has 0 saturated heterocycles. The summed E-state index contributed by atoms with van der Waals surface area (Å²) in [5, 5.41) is 21.0. The van der Waals surface area contributed by atoms with Gasteiger partial charge in [0.25, 0.3) is 0 Å². The number of carbonyl (C=O) groups is 2. The summed E-state index contributed by atoms with van der Waals surface area (Å²) in [5.74, 6) is 1.89. The normalized spacial score (nSPS) is 52.2. The molecule has 2 N–H and O–H groups in total. The number of Topliss-reactive ketones (excluding diaryl/α,β-unsaturated/α-hetero) is 1. The average Bonchev–Trinajstić information content (AvgIpc) is 3.32. The fourth-order valence-electron chi connectivity index (χ4n) is 11.3. The third-order valence-corrected chi connectivity index (χ3v) is 13.1. The van der Waals surface area contributed by atoms with E-state index < -0.39 is 17.5 Å². The van der Waals surface area contributed by atoms with Gasteiger partial charge < -0.3 is 10.2 Å². The van der Waals surface area contributed by atoms with Crippen molar-refractivity contribution >= 4 is 11.8 Å². The van der Waals surface area contributed by atoms with Crippen LogP contribution in [0, 0.1) is 56.7 Å². The molecule has 0 aromatic carbocycles. The molecule has 10 atom stereocenters. The van der Waals surface area contributed by atoms with E-state index >= 15 is 0 Å². The molecule has 4 heteroatoms. The number of ketones is 1. The number of aliphatic carboxylic acids is 1. The Morgan fingerprint density at radius 2 is 1.47 bits per heavy atom. The Morgan fingerprint density at radius 3 is 2.12 bits per heavy atom. The second-order valence-corrected chi connectivity index (χ2v) is 14.6. The molecule has 4 nitrogen and oxygen atoms in total. The summed E-state index contributed by atoms with van der Waals surface area (Å²) in [7, 11) is 0. The Bertz CT molecular complexity index is 881. The molecule has 0 aromatic heterocycles. The van der Waals surface area contributed by atoms with Crippen molar-refractivity contribution in [3.63, 3.8) is 0 Å². The van der Waals surface area contributed by atoms with Gasteiger partial charge in [-0.25, -0.2) is 0 Å². The highest BCUT2D eigenvalue weighted by molar-refractivity contribution is 5.78. The zero-order chi connectivity index (χ0) is 24.9. The number of aliphatic hydroxyl groups is 1. The maximum atomic E-state index is 12.7. The smallest absolute Gasteiger partial charge is 0.312 e. The van der Waals surface area contributed by atoms with Gasteiger partial charge in [0.15, 0.2) is 0 Å². The highest BCUT2D eigenvalue weighted by atomic mass is 16.4. The summed E-state index contributed by atoms with van der Waals surface area (Å²) in [6, 6.07) is 0. The van der Waals surface area contributed by atoms with Gasteiger partial charge in [0.05, 0.1) is 11.5 Å². The average molecular weight is 473 g/mol. The van der Waals surface area contributed by atoms with Crippen molar-refractivity contribution in [2.75, 3.05) is 0 Å². The SMILES string of the molecule is CC(C)CC(=O)C[C@@H](C)[C@H]1CC[C@@]2(C)[C@@H]3CC[C@H]4[C@](C)(C(=O)O)[C@@H](O)CC[C@@]45C[C@@]35CC[C@]12C. The predicted molar refractivity (Wildman–Crippen MR) is 133 cm³/mol. The minimum Gasteiger partial charge on any atom is -0.481 e. The number of fused-ring (bicyclic) bond motifs is 2. The second kappa shape index (κ2) is 7.56. The molecule has 0 unspecified atom stereocenters. The number of carbonyl (C=O) groups excluding carboxylic acids is 1. The lowest BCUT2D eigenvalue weighted by molar-refractivity contribution is -0.189. The molecule has 5 rings (SSSR count). The van der Waals surface area contributed by atoms with E-state index in [0.29, 0.717) is 42.3 Å². The minimum absolute atomic E-state index is 0.107. The lowest BCUT2D eigenvalue weighted by atomic mass is 9.41. The number of carboxylic acid groups (broad SMARTS) is 1. The zero-order valence-electron chi connectivity index (χ0n) is 22.5. The van der Waals surface area contributed by atoms with Gasteiger partial charge in [0.1, 0.15) is 5.78 Å². The molecule has 5 fully saturated rings. The molecule has 0 bridgehead atoms. The van der Waals surface area contributed by atoms with Crippen molar-refractivity contribution in [3.05, 3.63) is 0 Å². The molecular weight excluding hydrogens is 424 g/mol. The Labute approximate surface area is 206 Å². The second-order valence-electron chi connectivity index (χ2n) is 14.6. The topological polar surface area (TPSA) is 74.6 Å². The summed E-state index contributed by atoms with van der Waals surface area (Å²) in [6.45, 7) is 13.6. The van der Waals surface area contributed by atoms with Crippen LogP contribution in [-0.2, 0) is 9.59 Å². The standard InChI is InChI=1S/C30H48O4/c1-18(2)15-20(31)16-19(3)21-9-11-27(5)22-7-8-23-28(6,25(33)34)24(32)10-12-29(23)17-30(22,29)14-13-26(21,27)4/h18-19,21-24,32H,7-17H2,1-6H3,(H,33,34)/t19-,21-,22+,23+,24+,26-,27+,28+,29-,30+/m1/s1. The van der Waals surface area contributed by atoms with Crippen molar-refractivity contribution in [1.29, 1.82) is 0 Å². The summed E-state index contributed by atoms with van der Waals surface area (Å²) >= 11 is 0. The summed E-state index contributed by atoms with van der Waals surface area (Å²) in [5.41, 5.74) is -0.0508. The van der Waals surface area contributed by atoms with E-state index in [2.05, 4.69) is 34.6 Å². The first-order chi connectivity index (χ1) is 15.8. The van der Waals surface area contributed by atoms with Gasteiger partial charge in [0, 0.05) is 12.8 Å². The van der Waals surface area contributed by atoms with Gasteiger partial charge in [-0.1, -0.05) is 34.6 Å². The van der Waals surface area contributed by atoms with Crippen LogP contribution in [0.25, 0.3) is 0 Å². The Balaban J connectivity index is 1.42. The Morgan fingerprint density at radius 1 is 0.824 bits per heavy atom. The molecule has 0 aromatic rings. The maximum Gasteiger partial charge on any atom is 0.312 e. The Kier molecular flexibility index (Phi) is 5.51. The third-order valence-electron chi connectivity index (χ3n) is 13.1. The number of hydrogen-bond acceptors (Lipinski definition) is 3. The van der Waals surface area contributed by atoms with E-state index in [9.17, 15) is 19.8 Å². The molecule has 0 aliphatic heterocycles. The third kappa shape index (κ3) is 2.87. The van der Waals surface area contributed by atoms with E-state index in [1.54, 1.807) is 0 Å². The first kappa shape index (κ1) is 24.8. The van der Waals surface area contributed by atoms with E-state index in [0.717, 1.165) is 25.7 Å². The van der Waals surface area contributed by atoms with Crippen molar-refractivity contribution in [2.45, 2.75) is 118 Å². The maximum absolute atomic E-state index is 12.7. The molecule has 34 heavy (non-hydrogen) atoms. The van der Waals surface area contributed by atoms with E-state index in [-0.39, 0.29) is 27.6 Å². The van der Waals surface area contributed by atoms with E-state index in [1.165, 1.54) is 32.1 Å². The van der Waals surface area contributed by atoms with Gasteiger partial charge in [-0.3, -0.25) is 9.59 Å². The van der Waals surface area contributed by atoms with Crippen molar-refractivity contribution in [2.24, 2.45) is 56.7 Å².